The van der Waals surface area contributed by atoms with Gasteiger partial charge >= 0.3 is 6.18 Å². The minimum absolute atomic E-state index is 0.0857. The molecule has 88 valence electrons. The number of carbonyl (C=O) groups is 1. The molecule has 2 atom stereocenters. The number of alkyl halides is 3. The molecule has 1 saturated heterocycles. The maximum absolute atomic E-state index is 12.2. The monoisotopic (exact) mass is 231 g/mol. The quantitative estimate of drug-likeness (QED) is 0.747. The molecule has 1 fully saturated rings. The molecule has 0 amide bonds. The van der Waals surface area contributed by atoms with Crippen LogP contribution in [0.5, 0.6) is 0 Å². The Kier molecular flexibility index (Phi) is 2.88. The van der Waals surface area contributed by atoms with Crippen molar-refractivity contribution in [3.8, 4) is 0 Å². The van der Waals surface area contributed by atoms with Crippen LogP contribution in [0.4, 0.5) is 13.2 Å². The average molecular weight is 231 g/mol. The molecule has 0 aromatic heterocycles. The Balaban J connectivity index is 2.05. The molecule has 1 heterocycles. The molecule has 0 radical (unpaired) electrons. The van der Waals surface area contributed by atoms with Gasteiger partial charge in [-0.3, -0.25) is 4.79 Å². The highest BCUT2D eigenvalue weighted by Gasteiger charge is 2.45. The van der Waals surface area contributed by atoms with Gasteiger partial charge in [0, 0.05) is 6.54 Å². The minimum Gasteiger partial charge on any atom is -0.303 e. The van der Waals surface area contributed by atoms with Crippen molar-refractivity contribution in [2.75, 3.05) is 6.54 Å². The molecule has 0 bridgehead atoms. The first-order valence-electron chi connectivity index (χ1n) is 5.18. The van der Waals surface area contributed by atoms with Gasteiger partial charge in [0.1, 0.15) is 0 Å². The van der Waals surface area contributed by atoms with Crippen LogP contribution in [-0.2, 0) is 4.79 Å². The Hall–Kier alpha value is -1.10. The molecule has 16 heavy (non-hydrogen) atoms. The second-order valence-corrected chi connectivity index (χ2v) is 4.13. The van der Waals surface area contributed by atoms with E-state index in [1.54, 1.807) is 0 Å². The smallest absolute Gasteiger partial charge is 0.303 e. The Morgan fingerprint density at radius 3 is 2.88 bits per heavy atom. The molecular formula is C11H12F3NO. The first kappa shape index (κ1) is 11.4. The number of allylic oxidation sites excluding steroid dienone is 3. The normalized spacial score (nSPS) is 29.6. The molecule has 0 spiro atoms. The number of ketones is 1. The Bertz CT molecular complexity index is 357. The summed E-state index contributed by atoms with van der Waals surface area (Å²) in [7, 11) is 0. The summed E-state index contributed by atoms with van der Waals surface area (Å²) in [6.07, 6.45) is 1.98. The summed E-state index contributed by atoms with van der Waals surface area (Å²) in [5.74, 6) is -1.57. The minimum atomic E-state index is -4.73. The first-order valence-corrected chi connectivity index (χ1v) is 5.18. The highest BCUT2D eigenvalue weighted by Crippen LogP contribution is 2.31. The number of halogens is 3. The summed E-state index contributed by atoms with van der Waals surface area (Å²) >= 11 is 0. The van der Waals surface area contributed by atoms with Crippen LogP contribution in [-0.4, -0.2) is 24.5 Å². The highest BCUT2D eigenvalue weighted by atomic mass is 19.4. The molecule has 2 rings (SSSR count). The Morgan fingerprint density at radius 2 is 2.19 bits per heavy atom. The molecule has 2 aliphatic rings. The van der Waals surface area contributed by atoms with Gasteiger partial charge in [-0.1, -0.05) is 23.8 Å². The van der Waals surface area contributed by atoms with Gasteiger partial charge in [-0.05, 0) is 18.8 Å². The van der Waals surface area contributed by atoms with Crippen LogP contribution in [0.25, 0.3) is 0 Å². The predicted molar refractivity (Wildman–Crippen MR) is 52.8 cm³/mol. The zero-order valence-corrected chi connectivity index (χ0v) is 8.55. The molecular weight excluding hydrogens is 219 g/mol. The lowest BCUT2D eigenvalue weighted by Crippen LogP contribution is -2.49. The maximum atomic E-state index is 12.2. The summed E-state index contributed by atoms with van der Waals surface area (Å²) in [5, 5.41) is 2.65. The topological polar surface area (TPSA) is 29.1 Å². The number of hydrogen-bond acceptors (Lipinski definition) is 2. The van der Waals surface area contributed by atoms with Gasteiger partial charge in [0.15, 0.2) is 0 Å². The molecule has 2 nitrogen and oxygen atoms in total. The number of carbonyl (C=O) groups excluding carboxylic acids is 1. The molecule has 0 aromatic rings. The zero-order chi connectivity index (χ0) is 11.8. The van der Waals surface area contributed by atoms with E-state index in [4.69, 9.17) is 0 Å². The Labute approximate surface area is 91.2 Å². The first-order chi connectivity index (χ1) is 7.48. The fraction of sp³-hybridized carbons (Fsp3) is 0.545. The van der Waals surface area contributed by atoms with Crippen LogP contribution in [0.2, 0.25) is 0 Å². The highest BCUT2D eigenvalue weighted by molar-refractivity contribution is 5.89. The number of fused-ring (bicyclic) bond motifs is 1. The van der Waals surface area contributed by atoms with Crippen LogP contribution >= 0.6 is 0 Å². The van der Waals surface area contributed by atoms with Crippen LogP contribution in [0.1, 0.15) is 12.8 Å². The van der Waals surface area contributed by atoms with E-state index in [1.165, 1.54) is 0 Å². The second-order valence-electron chi connectivity index (χ2n) is 4.13. The third kappa shape index (κ3) is 2.19. The fourth-order valence-corrected chi connectivity index (χ4v) is 2.18. The number of hydrogen-bond donors (Lipinski definition) is 1. The molecule has 0 saturated carbocycles. The molecule has 1 N–H and O–H groups in total. The van der Waals surface area contributed by atoms with Crippen LogP contribution in [0, 0.1) is 5.92 Å². The van der Waals surface area contributed by atoms with Gasteiger partial charge in [-0.15, -0.1) is 0 Å². The number of nitrogens with one attached hydrogen (secondary N) is 1. The summed E-state index contributed by atoms with van der Waals surface area (Å²) in [6, 6.07) is -1.08. The van der Waals surface area contributed by atoms with Crippen molar-refractivity contribution in [2.45, 2.75) is 25.1 Å². The van der Waals surface area contributed by atoms with Gasteiger partial charge in [-0.25, -0.2) is 0 Å². The third-order valence-electron chi connectivity index (χ3n) is 3.06. The number of piperidine rings is 1. The third-order valence-corrected chi connectivity index (χ3v) is 3.06. The molecule has 5 heteroatoms. The van der Waals surface area contributed by atoms with Gasteiger partial charge < -0.3 is 5.32 Å². The van der Waals surface area contributed by atoms with Crippen molar-refractivity contribution in [3.63, 3.8) is 0 Å². The summed E-state index contributed by atoms with van der Waals surface area (Å²) in [6.45, 7) is 0.376. The summed E-state index contributed by atoms with van der Waals surface area (Å²) < 4.78 is 36.7. The lowest BCUT2D eigenvalue weighted by molar-refractivity contribution is -0.174. The standard InChI is InChI=1S/C11H12F3NO/c12-11(13,14)10(16)9-5-7-3-1-2-4-8(7)6-15-9/h1-2,4,7,9,15H,3,5-6H2. The lowest BCUT2D eigenvalue weighted by atomic mass is 9.82. The zero-order valence-electron chi connectivity index (χ0n) is 8.55. The van der Waals surface area contributed by atoms with Gasteiger partial charge in [0.2, 0.25) is 0 Å². The molecule has 2 unspecified atom stereocenters. The number of Topliss-reactive ketones (excluding diaryl/α,β-unsaturated/α-hetero) is 1. The van der Waals surface area contributed by atoms with E-state index < -0.39 is 18.0 Å². The van der Waals surface area contributed by atoms with Crippen molar-refractivity contribution in [3.05, 3.63) is 23.8 Å². The van der Waals surface area contributed by atoms with Gasteiger partial charge in [0.05, 0.1) is 6.04 Å². The van der Waals surface area contributed by atoms with Gasteiger partial charge in [-0.2, -0.15) is 13.2 Å². The predicted octanol–water partition coefficient (Wildman–Crippen LogP) is 1.98. The van der Waals surface area contributed by atoms with E-state index in [-0.39, 0.29) is 12.3 Å². The van der Waals surface area contributed by atoms with E-state index in [0.29, 0.717) is 6.54 Å². The van der Waals surface area contributed by atoms with E-state index in [1.807, 2.05) is 18.2 Å². The summed E-state index contributed by atoms with van der Waals surface area (Å²) in [5.41, 5.74) is 1.09. The van der Waals surface area contributed by atoms with Crippen molar-refractivity contribution < 1.29 is 18.0 Å². The molecule has 1 aliphatic carbocycles. The van der Waals surface area contributed by atoms with Crippen LogP contribution in [0.15, 0.2) is 23.8 Å². The van der Waals surface area contributed by atoms with E-state index >= 15 is 0 Å². The van der Waals surface area contributed by atoms with E-state index in [2.05, 4.69) is 5.32 Å². The lowest BCUT2D eigenvalue weighted by Gasteiger charge is -2.32. The van der Waals surface area contributed by atoms with Crippen LogP contribution < -0.4 is 5.32 Å². The molecule has 0 aromatic carbocycles. The van der Waals surface area contributed by atoms with E-state index in [9.17, 15) is 18.0 Å². The number of rotatable bonds is 1. The van der Waals surface area contributed by atoms with Crippen LogP contribution in [0.3, 0.4) is 0 Å². The summed E-state index contributed by atoms with van der Waals surface area (Å²) in [4.78, 5) is 11.1. The largest absolute Gasteiger partial charge is 0.451 e. The van der Waals surface area contributed by atoms with Crippen molar-refractivity contribution in [2.24, 2.45) is 5.92 Å². The van der Waals surface area contributed by atoms with E-state index in [0.717, 1.165) is 12.0 Å². The van der Waals surface area contributed by atoms with Gasteiger partial charge in [0.25, 0.3) is 5.78 Å². The Morgan fingerprint density at radius 1 is 1.44 bits per heavy atom. The fourth-order valence-electron chi connectivity index (χ4n) is 2.18. The SMILES string of the molecule is O=C(C1CC2CC=CC=C2CN1)C(F)(F)F. The maximum Gasteiger partial charge on any atom is 0.451 e. The van der Waals surface area contributed by atoms with Crippen molar-refractivity contribution >= 4 is 5.78 Å². The average Bonchev–Trinajstić information content (AvgIpc) is 2.26. The molecule has 1 aliphatic heterocycles. The van der Waals surface area contributed by atoms with Crippen molar-refractivity contribution in [1.29, 1.82) is 0 Å². The second kappa shape index (κ2) is 4.05. The van der Waals surface area contributed by atoms with Crippen molar-refractivity contribution in [1.82, 2.24) is 5.32 Å².